The number of aromatic nitrogens is 2. The summed E-state index contributed by atoms with van der Waals surface area (Å²) in [4.78, 5) is 4.06. The number of imidazole rings is 1. The van der Waals surface area contributed by atoms with E-state index in [4.69, 9.17) is 0 Å². The Morgan fingerprint density at radius 3 is 3.08 bits per heavy atom. The van der Waals surface area contributed by atoms with E-state index in [-0.39, 0.29) is 0 Å². The quantitative estimate of drug-likeness (QED) is 0.709. The molecule has 0 spiro atoms. The Balaban J connectivity index is 2.84. The summed E-state index contributed by atoms with van der Waals surface area (Å²) >= 11 is 0. The molecule has 1 N–H and O–H groups in total. The van der Waals surface area contributed by atoms with Crippen molar-refractivity contribution in [2.24, 2.45) is 0 Å². The topological polar surface area (TPSA) is 38.1 Å². The Morgan fingerprint density at radius 1 is 1.69 bits per heavy atom. The van der Waals surface area contributed by atoms with Gasteiger partial charge in [0.1, 0.15) is 5.82 Å². The van der Waals surface area contributed by atoms with Crippen LogP contribution in [0.25, 0.3) is 0 Å². The normalized spacial score (nSPS) is 11.9. The first-order chi connectivity index (χ1) is 6.29. The fraction of sp³-hybridized carbons (Fsp3) is 0.500. The minimum atomic E-state index is -0.758. The van der Waals surface area contributed by atoms with Crippen molar-refractivity contribution in [1.82, 2.24) is 9.55 Å². The Bertz CT molecular complexity index is 319. The van der Waals surface area contributed by atoms with Crippen molar-refractivity contribution in [3.63, 3.8) is 0 Å². The van der Waals surface area contributed by atoms with Crippen LogP contribution in [-0.4, -0.2) is 14.7 Å². The van der Waals surface area contributed by atoms with Crippen molar-refractivity contribution < 1.29 is 5.11 Å². The van der Waals surface area contributed by atoms with E-state index >= 15 is 0 Å². The number of rotatable bonds is 3. The van der Waals surface area contributed by atoms with Crippen molar-refractivity contribution in [1.29, 1.82) is 0 Å². The van der Waals surface area contributed by atoms with Gasteiger partial charge in [0.2, 0.25) is 0 Å². The lowest BCUT2D eigenvalue weighted by Crippen LogP contribution is -2.06. The Labute approximate surface area is 78.4 Å². The van der Waals surface area contributed by atoms with Crippen LogP contribution in [0.15, 0.2) is 12.4 Å². The molecule has 0 fully saturated rings. The van der Waals surface area contributed by atoms with E-state index in [1.54, 1.807) is 13.1 Å². The third kappa shape index (κ3) is 2.33. The maximum atomic E-state index is 9.56. The molecule has 1 rings (SSSR count). The fourth-order valence-electron chi connectivity index (χ4n) is 1.20. The molecule has 70 valence electrons. The minimum absolute atomic E-state index is 0.635. The van der Waals surface area contributed by atoms with Gasteiger partial charge >= 0.3 is 0 Å². The van der Waals surface area contributed by atoms with Crippen molar-refractivity contribution in [2.45, 2.75) is 32.9 Å². The second kappa shape index (κ2) is 4.68. The van der Waals surface area contributed by atoms with Crippen LogP contribution in [0.4, 0.5) is 0 Å². The van der Waals surface area contributed by atoms with Gasteiger partial charge in [-0.3, -0.25) is 0 Å². The van der Waals surface area contributed by atoms with Crippen LogP contribution < -0.4 is 0 Å². The molecule has 0 saturated carbocycles. The van der Waals surface area contributed by atoms with Crippen LogP contribution in [0.2, 0.25) is 0 Å². The van der Waals surface area contributed by atoms with Gasteiger partial charge in [-0.2, -0.15) is 0 Å². The molecule has 3 nitrogen and oxygen atoms in total. The molecule has 1 aromatic rings. The van der Waals surface area contributed by atoms with Crippen molar-refractivity contribution in [2.75, 3.05) is 0 Å². The molecule has 0 aliphatic heterocycles. The van der Waals surface area contributed by atoms with Crippen LogP contribution in [0.5, 0.6) is 0 Å². The lowest BCUT2D eigenvalue weighted by Gasteiger charge is -2.06. The van der Waals surface area contributed by atoms with Gasteiger partial charge in [-0.25, -0.2) is 4.98 Å². The van der Waals surface area contributed by atoms with Crippen LogP contribution in [-0.2, 0) is 6.54 Å². The highest BCUT2D eigenvalue weighted by Crippen LogP contribution is 2.09. The van der Waals surface area contributed by atoms with Gasteiger partial charge in [-0.05, 0) is 13.3 Å². The smallest absolute Gasteiger partial charge is 0.172 e. The number of aliphatic hydroxyl groups excluding tert-OH is 1. The second-order valence-electron chi connectivity index (χ2n) is 2.78. The van der Waals surface area contributed by atoms with Gasteiger partial charge in [0, 0.05) is 18.9 Å². The Morgan fingerprint density at radius 2 is 2.46 bits per heavy atom. The number of nitrogens with zero attached hydrogens (tertiary/aromatic N) is 2. The SMILES string of the molecule is CC#CC(O)c1nccn1CCC. The zero-order chi connectivity index (χ0) is 9.68. The molecule has 0 aliphatic rings. The molecule has 1 aromatic heterocycles. The monoisotopic (exact) mass is 178 g/mol. The van der Waals surface area contributed by atoms with E-state index in [9.17, 15) is 5.11 Å². The zero-order valence-electron chi connectivity index (χ0n) is 7.99. The molecule has 3 heteroatoms. The summed E-state index contributed by atoms with van der Waals surface area (Å²) in [5.74, 6) is 5.98. The van der Waals surface area contributed by atoms with Gasteiger partial charge in [0.25, 0.3) is 0 Å². The summed E-state index contributed by atoms with van der Waals surface area (Å²) in [6.45, 7) is 4.66. The molecule has 13 heavy (non-hydrogen) atoms. The highest BCUT2D eigenvalue weighted by molar-refractivity contribution is 5.12. The highest BCUT2D eigenvalue weighted by atomic mass is 16.3. The first kappa shape index (κ1) is 9.82. The molecule has 0 bridgehead atoms. The van der Waals surface area contributed by atoms with Gasteiger partial charge < -0.3 is 9.67 Å². The van der Waals surface area contributed by atoms with Gasteiger partial charge in [-0.1, -0.05) is 12.8 Å². The summed E-state index contributed by atoms with van der Waals surface area (Å²) in [5.41, 5.74) is 0. The van der Waals surface area contributed by atoms with E-state index < -0.39 is 6.10 Å². The number of aryl methyl sites for hydroxylation is 1. The summed E-state index contributed by atoms with van der Waals surface area (Å²) in [7, 11) is 0. The van der Waals surface area contributed by atoms with Crippen molar-refractivity contribution in [3.05, 3.63) is 18.2 Å². The average Bonchev–Trinajstić information content (AvgIpc) is 2.54. The third-order valence-electron chi connectivity index (χ3n) is 1.74. The van der Waals surface area contributed by atoms with Crippen LogP contribution in [0.1, 0.15) is 32.2 Å². The molecule has 1 unspecified atom stereocenters. The Kier molecular flexibility index (Phi) is 3.53. The maximum absolute atomic E-state index is 9.56. The third-order valence-corrected chi connectivity index (χ3v) is 1.74. The predicted octanol–water partition coefficient (Wildman–Crippen LogP) is 1.35. The molecule has 0 aliphatic carbocycles. The lowest BCUT2D eigenvalue weighted by molar-refractivity contribution is 0.222. The number of aliphatic hydroxyl groups is 1. The van der Waals surface area contributed by atoms with Crippen LogP contribution in [0.3, 0.4) is 0 Å². The molecular weight excluding hydrogens is 164 g/mol. The molecule has 0 aromatic carbocycles. The number of hydrogen-bond acceptors (Lipinski definition) is 2. The van der Waals surface area contributed by atoms with Gasteiger partial charge in [-0.15, -0.1) is 5.92 Å². The molecule has 0 radical (unpaired) electrons. The van der Waals surface area contributed by atoms with Crippen LogP contribution >= 0.6 is 0 Å². The predicted molar refractivity (Wildman–Crippen MR) is 50.9 cm³/mol. The summed E-state index contributed by atoms with van der Waals surface area (Å²) in [5, 5.41) is 9.56. The minimum Gasteiger partial charge on any atom is -0.373 e. The standard InChI is InChI=1S/C10H14N2O/c1-3-5-9(13)10-11-6-8-12(10)7-4-2/h6,8-9,13H,4,7H2,1-2H3. The van der Waals surface area contributed by atoms with Crippen molar-refractivity contribution in [3.8, 4) is 11.8 Å². The van der Waals surface area contributed by atoms with Gasteiger partial charge in [0.05, 0.1) is 0 Å². The van der Waals surface area contributed by atoms with E-state index in [0.29, 0.717) is 5.82 Å². The fourth-order valence-corrected chi connectivity index (χ4v) is 1.20. The summed E-state index contributed by atoms with van der Waals surface area (Å²) in [6, 6.07) is 0. The summed E-state index contributed by atoms with van der Waals surface area (Å²) < 4.78 is 1.93. The highest BCUT2D eigenvalue weighted by Gasteiger charge is 2.09. The maximum Gasteiger partial charge on any atom is 0.172 e. The molecule has 0 amide bonds. The van der Waals surface area contributed by atoms with Crippen molar-refractivity contribution >= 4 is 0 Å². The molecular formula is C10H14N2O. The lowest BCUT2D eigenvalue weighted by atomic mass is 10.3. The Hall–Kier alpha value is -1.27. The molecule has 1 atom stereocenters. The average molecular weight is 178 g/mol. The first-order valence-corrected chi connectivity index (χ1v) is 4.41. The first-order valence-electron chi connectivity index (χ1n) is 4.41. The number of hydrogen-bond donors (Lipinski definition) is 1. The van der Waals surface area contributed by atoms with Gasteiger partial charge in [0.15, 0.2) is 6.10 Å². The molecule has 0 saturated heterocycles. The molecule has 1 heterocycles. The van der Waals surface area contributed by atoms with E-state index in [2.05, 4.69) is 23.7 Å². The van der Waals surface area contributed by atoms with E-state index in [0.717, 1.165) is 13.0 Å². The summed E-state index contributed by atoms with van der Waals surface area (Å²) in [6.07, 6.45) is 3.81. The van der Waals surface area contributed by atoms with E-state index in [1.165, 1.54) is 0 Å². The van der Waals surface area contributed by atoms with Crippen LogP contribution in [0, 0.1) is 11.8 Å². The second-order valence-corrected chi connectivity index (χ2v) is 2.78. The van der Waals surface area contributed by atoms with E-state index in [1.807, 2.05) is 10.8 Å². The zero-order valence-corrected chi connectivity index (χ0v) is 7.99. The largest absolute Gasteiger partial charge is 0.373 e.